The first-order valence-corrected chi connectivity index (χ1v) is 5.51. The van der Waals surface area contributed by atoms with E-state index in [2.05, 4.69) is 0 Å². The first-order valence-electron chi connectivity index (χ1n) is 5.51. The molecule has 1 aromatic rings. The molecule has 0 atom stereocenters. The van der Waals surface area contributed by atoms with Crippen molar-refractivity contribution in [3.63, 3.8) is 0 Å². The molecule has 0 radical (unpaired) electrons. The highest BCUT2D eigenvalue weighted by Gasteiger charge is 2.26. The van der Waals surface area contributed by atoms with E-state index < -0.39 is 18.6 Å². The number of halogens is 3. The first-order chi connectivity index (χ1) is 8.85. The van der Waals surface area contributed by atoms with Crippen molar-refractivity contribution in [1.29, 1.82) is 0 Å². The second-order valence-corrected chi connectivity index (χ2v) is 3.78. The van der Waals surface area contributed by atoms with Gasteiger partial charge in [0.2, 0.25) is 0 Å². The van der Waals surface area contributed by atoms with Crippen molar-refractivity contribution in [1.82, 2.24) is 0 Å². The topological polar surface area (TPSA) is 61.5 Å². The van der Waals surface area contributed by atoms with E-state index in [1.54, 1.807) is 6.07 Å². The summed E-state index contributed by atoms with van der Waals surface area (Å²) in [4.78, 5) is 11.7. The molecule has 0 amide bonds. The molecule has 4 nitrogen and oxygen atoms in total. The number of methoxy groups -OCH3 is 1. The standard InChI is InChI=1S/C12H14F3NO3/c1-18-10-8(4-2-5-9(10)16)11(17)19-7-3-6-12(13,14)15/h2,4-5H,3,6-7,16H2,1H3. The summed E-state index contributed by atoms with van der Waals surface area (Å²) in [6.45, 7) is -0.309. The minimum Gasteiger partial charge on any atom is -0.494 e. The molecule has 0 aliphatic rings. The number of carbonyl (C=O) groups is 1. The lowest BCUT2D eigenvalue weighted by atomic mass is 10.2. The van der Waals surface area contributed by atoms with Crippen molar-refractivity contribution in [2.24, 2.45) is 0 Å². The second-order valence-electron chi connectivity index (χ2n) is 3.78. The van der Waals surface area contributed by atoms with Gasteiger partial charge >= 0.3 is 12.1 Å². The van der Waals surface area contributed by atoms with Crippen molar-refractivity contribution in [2.45, 2.75) is 19.0 Å². The lowest BCUT2D eigenvalue weighted by Crippen LogP contribution is -2.12. The van der Waals surface area contributed by atoms with Gasteiger partial charge in [-0.3, -0.25) is 0 Å². The molecule has 0 spiro atoms. The molecule has 19 heavy (non-hydrogen) atoms. The first kappa shape index (κ1) is 15.1. The van der Waals surface area contributed by atoms with Gasteiger partial charge in [0, 0.05) is 6.42 Å². The van der Waals surface area contributed by atoms with Gasteiger partial charge in [0.05, 0.1) is 19.4 Å². The number of nitrogen functional groups attached to an aromatic ring is 1. The van der Waals surface area contributed by atoms with Crippen molar-refractivity contribution >= 4 is 11.7 Å². The number of rotatable bonds is 5. The van der Waals surface area contributed by atoms with Crippen LogP contribution >= 0.6 is 0 Å². The van der Waals surface area contributed by atoms with E-state index in [9.17, 15) is 18.0 Å². The Balaban J connectivity index is 2.57. The molecule has 0 saturated heterocycles. The third kappa shape index (κ3) is 4.69. The van der Waals surface area contributed by atoms with E-state index in [-0.39, 0.29) is 30.0 Å². The Labute approximate surface area is 108 Å². The molecule has 0 aliphatic carbocycles. The third-order valence-electron chi connectivity index (χ3n) is 2.31. The minimum absolute atomic E-state index is 0.0921. The second kappa shape index (κ2) is 6.31. The van der Waals surface area contributed by atoms with Crippen molar-refractivity contribution in [3.8, 4) is 5.75 Å². The Morgan fingerprint density at radius 2 is 2.05 bits per heavy atom. The largest absolute Gasteiger partial charge is 0.494 e. The fourth-order valence-corrected chi connectivity index (χ4v) is 1.46. The smallest absolute Gasteiger partial charge is 0.389 e. The number of hydrogen-bond acceptors (Lipinski definition) is 4. The van der Waals surface area contributed by atoms with Crippen LogP contribution in [-0.4, -0.2) is 25.9 Å². The summed E-state index contributed by atoms with van der Waals surface area (Å²) >= 11 is 0. The monoisotopic (exact) mass is 277 g/mol. The maximum Gasteiger partial charge on any atom is 0.389 e. The summed E-state index contributed by atoms with van der Waals surface area (Å²) in [7, 11) is 1.34. The van der Waals surface area contributed by atoms with Gasteiger partial charge in [-0.05, 0) is 18.6 Å². The van der Waals surface area contributed by atoms with Gasteiger partial charge in [0.15, 0.2) is 5.75 Å². The number of ether oxygens (including phenoxy) is 2. The summed E-state index contributed by atoms with van der Waals surface area (Å²) in [5.74, 6) is -0.602. The fourth-order valence-electron chi connectivity index (χ4n) is 1.46. The third-order valence-corrected chi connectivity index (χ3v) is 2.31. The SMILES string of the molecule is COc1c(N)cccc1C(=O)OCCCC(F)(F)F. The predicted molar refractivity (Wildman–Crippen MR) is 63.0 cm³/mol. The van der Waals surface area contributed by atoms with E-state index in [4.69, 9.17) is 15.2 Å². The number of carbonyl (C=O) groups excluding carboxylic acids is 1. The quantitative estimate of drug-likeness (QED) is 0.510. The average Bonchev–Trinajstić information content (AvgIpc) is 2.33. The molecule has 0 aromatic heterocycles. The average molecular weight is 277 g/mol. The van der Waals surface area contributed by atoms with Gasteiger partial charge < -0.3 is 15.2 Å². The molecule has 0 saturated carbocycles. The number of anilines is 1. The Bertz CT molecular complexity index is 446. The fraction of sp³-hybridized carbons (Fsp3) is 0.417. The molecule has 0 bridgehead atoms. The van der Waals surface area contributed by atoms with Crippen LogP contribution in [0.1, 0.15) is 23.2 Å². The summed E-state index contributed by atoms with van der Waals surface area (Å²) in [5.41, 5.74) is 5.95. The molecule has 1 aromatic carbocycles. The van der Waals surface area contributed by atoms with Gasteiger partial charge in [0.25, 0.3) is 0 Å². The molecule has 0 aliphatic heterocycles. The maximum absolute atomic E-state index is 11.9. The zero-order valence-electron chi connectivity index (χ0n) is 10.3. The van der Waals surface area contributed by atoms with E-state index in [1.807, 2.05) is 0 Å². The highest BCUT2D eigenvalue weighted by molar-refractivity contribution is 5.94. The summed E-state index contributed by atoms with van der Waals surface area (Å²) < 4.78 is 45.4. The van der Waals surface area contributed by atoms with Crippen molar-refractivity contribution in [2.75, 3.05) is 19.5 Å². The van der Waals surface area contributed by atoms with Crippen LogP contribution in [0.25, 0.3) is 0 Å². The van der Waals surface area contributed by atoms with Gasteiger partial charge in [-0.25, -0.2) is 4.79 Å². The van der Waals surface area contributed by atoms with Crippen LogP contribution in [0, 0.1) is 0 Å². The molecular weight excluding hydrogens is 263 g/mol. The zero-order valence-corrected chi connectivity index (χ0v) is 10.3. The van der Waals surface area contributed by atoms with Gasteiger partial charge in [-0.1, -0.05) is 6.07 Å². The highest BCUT2D eigenvalue weighted by atomic mass is 19.4. The number of para-hydroxylation sites is 1. The van der Waals surface area contributed by atoms with E-state index in [1.165, 1.54) is 19.2 Å². The van der Waals surface area contributed by atoms with Crippen LogP contribution in [0.3, 0.4) is 0 Å². The number of esters is 1. The molecule has 2 N–H and O–H groups in total. The minimum atomic E-state index is -4.25. The number of nitrogens with two attached hydrogens (primary N) is 1. The van der Waals surface area contributed by atoms with Crippen LogP contribution in [-0.2, 0) is 4.74 Å². The number of alkyl halides is 3. The van der Waals surface area contributed by atoms with Crippen molar-refractivity contribution < 1.29 is 27.4 Å². The zero-order chi connectivity index (χ0) is 14.5. The summed E-state index contributed by atoms with van der Waals surface area (Å²) in [5, 5.41) is 0. The Morgan fingerprint density at radius 1 is 1.37 bits per heavy atom. The Hall–Kier alpha value is -1.92. The normalized spacial score (nSPS) is 11.2. The lowest BCUT2D eigenvalue weighted by molar-refractivity contribution is -0.137. The van der Waals surface area contributed by atoms with Crippen LogP contribution in [0.5, 0.6) is 5.75 Å². The molecule has 0 heterocycles. The van der Waals surface area contributed by atoms with E-state index in [0.717, 1.165) is 0 Å². The number of benzene rings is 1. The Kier molecular flexibility index (Phi) is 5.02. The van der Waals surface area contributed by atoms with Crippen molar-refractivity contribution in [3.05, 3.63) is 23.8 Å². The summed E-state index contributed by atoms with van der Waals surface area (Å²) in [6.07, 6.45) is -5.52. The summed E-state index contributed by atoms with van der Waals surface area (Å²) in [6, 6.07) is 4.50. The van der Waals surface area contributed by atoms with Gasteiger partial charge in [-0.2, -0.15) is 13.2 Å². The highest BCUT2D eigenvalue weighted by Crippen LogP contribution is 2.26. The molecular formula is C12H14F3NO3. The van der Waals surface area contributed by atoms with Gasteiger partial charge in [-0.15, -0.1) is 0 Å². The van der Waals surface area contributed by atoms with Crippen LogP contribution in [0.4, 0.5) is 18.9 Å². The molecule has 0 unspecified atom stereocenters. The molecule has 1 rings (SSSR count). The van der Waals surface area contributed by atoms with Gasteiger partial charge in [0.1, 0.15) is 5.56 Å². The van der Waals surface area contributed by atoms with E-state index >= 15 is 0 Å². The van der Waals surface area contributed by atoms with Crippen LogP contribution in [0.15, 0.2) is 18.2 Å². The molecule has 7 heteroatoms. The Morgan fingerprint density at radius 3 is 2.63 bits per heavy atom. The molecule has 106 valence electrons. The van der Waals surface area contributed by atoms with Crippen LogP contribution < -0.4 is 10.5 Å². The maximum atomic E-state index is 11.9. The lowest BCUT2D eigenvalue weighted by Gasteiger charge is -2.11. The number of hydrogen-bond donors (Lipinski definition) is 1. The molecule has 0 fully saturated rings. The van der Waals surface area contributed by atoms with Crippen LogP contribution in [0.2, 0.25) is 0 Å². The predicted octanol–water partition coefficient (Wildman–Crippen LogP) is 2.78. The van der Waals surface area contributed by atoms with E-state index in [0.29, 0.717) is 0 Å².